The predicted octanol–water partition coefficient (Wildman–Crippen LogP) is 2.75. The van der Waals surface area contributed by atoms with Crippen molar-refractivity contribution in [1.29, 1.82) is 0 Å². The van der Waals surface area contributed by atoms with E-state index in [1.165, 1.54) is 0 Å². The molecule has 1 atom stereocenters. The number of carbonyl (C=O) groups is 1. The fraction of sp³-hybridized carbons (Fsp3) is 0.467. The van der Waals surface area contributed by atoms with E-state index in [0.29, 0.717) is 23.7 Å². The number of rotatable bonds is 5. The van der Waals surface area contributed by atoms with Crippen molar-refractivity contribution in [2.24, 2.45) is 13.0 Å². The normalized spacial score (nSPS) is 12.6. The van der Waals surface area contributed by atoms with Gasteiger partial charge in [0.25, 0.3) is 5.91 Å². The number of nitrogens with one attached hydrogen (secondary N) is 1. The minimum atomic E-state index is -0.172. The molecule has 0 aromatic carbocycles. The summed E-state index contributed by atoms with van der Waals surface area (Å²) in [7, 11) is 1.75. The van der Waals surface area contributed by atoms with E-state index in [1.807, 2.05) is 24.4 Å². The minimum absolute atomic E-state index is 0.0168. The maximum atomic E-state index is 12.6. The lowest BCUT2D eigenvalue weighted by molar-refractivity contribution is 0.0918. The monoisotopic (exact) mass is 306 g/mol. The lowest BCUT2D eigenvalue weighted by atomic mass is 10.0. The molecular formula is C15H22N4OS. The molecule has 0 spiro atoms. The van der Waals surface area contributed by atoms with Crippen LogP contribution in [0.4, 0.5) is 5.69 Å². The largest absolute Gasteiger partial charge is 0.395 e. The third-order valence-electron chi connectivity index (χ3n) is 3.51. The zero-order valence-electron chi connectivity index (χ0n) is 12.9. The number of thiophene rings is 1. The molecule has 0 radical (unpaired) electrons. The molecule has 0 aliphatic carbocycles. The first-order valence-corrected chi connectivity index (χ1v) is 7.99. The van der Waals surface area contributed by atoms with Crippen LogP contribution in [0.1, 0.15) is 47.9 Å². The molecule has 5 nitrogen and oxygen atoms in total. The Balaban J connectivity index is 2.26. The van der Waals surface area contributed by atoms with Gasteiger partial charge in [0.15, 0.2) is 0 Å². The highest BCUT2D eigenvalue weighted by Gasteiger charge is 2.24. The van der Waals surface area contributed by atoms with Crippen molar-refractivity contribution in [1.82, 2.24) is 15.1 Å². The summed E-state index contributed by atoms with van der Waals surface area (Å²) >= 11 is 1.65. The van der Waals surface area contributed by atoms with Crippen LogP contribution in [-0.4, -0.2) is 15.7 Å². The third kappa shape index (κ3) is 3.10. The van der Waals surface area contributed by atoms with E-state index in [9.17, 15) is 4.79 Å². The third-order valence-corrected chi connectivity index (χ3v) is 4.47. The second kappa shape index (κ2) is 6.30. The van der Waals surface area contributed by atoms with Crippen LogP contribution in [0.2, 0.25) is 0 Å². The smallest absolute Gasteiger partial charge is 0.272 e. The fourth-order valence-corrected chi connectivity index (χ4v) is 3.32. The number of aryl methyl sites for hydroxylation is 2. The number of anilines is 1. The van der Waals surface area contributed by atoms with Gasteiger partial charge in [0.05, 0.1) is 17.4 Å². The van der Waals surface area contributed by atoms with Gasteiger partial charge in [0, 0.05) is 11.9 Å². The van der Waals surface area contributed by atoms with Crippen molar-refractivity contribution >= 4 is 22.9 Å². The summed E-state index contributed by atoms with van der Waals surface area (Å²) in [5.74, 6) is 0.127. The Bertz CT molecular complexity index is 616. The number of aromatic nitrogens is 2. The molecule has 6 heteroatoms. The fourth-order valence-electron chi connectivity index (χ4n) is 2.37. The van der Waals surface area contributed by atoms with E-state index in [1.54, 1.807) is 23.1 Å². The predicted molar refractivity (Wildman–Crippen MR) is 86.4 cm³/mol. The highest BCUT2D eigenvalue weighted by Crippen LogP contribution is 2.27. The van der Waals surface area contributed by atoms with Gasteiger partial charge in [-0.25, -0.2) is 0 Å². The zero-order valence-corrected chi connectivity index (χ0v) is 13.7. The Labute approximate surface area is 129 Å². The van der Waals surface area contributed by atoms with Gasteiger partial charge in [-0.15, -0.1) is 11.3 Å². The molecule has 0 aliphatic heterocycles. The number of carbonyl (C=O) groups excluding carboxylic acids is 1. The van der Waals surface area contributed by atoms with Crippen LogP contribution >= 0.6 is 11.3 Å². The average molecular weight is 306 g/mol. The quantitative estimate of drug-likeness (QED) is 0.892. The van der Waals surface area contributed by atoms with Gasteiger partial charge in [0.1, 0.15) is 5.69 Å². The van der Waals surface area contributed by atoms with Gasteiger partial charge in [-0.05, 0) is 23.8 Å². The maximum absolute atomic E-state index is 12.6. The topological polar surface area (TPSA) is 72.9 Å². The van der Waals surface area contributed by atoms with E-state index >= 15 is 0 Å². The Morgan fingerprint density at radius 1 is 1.52 bits per heavy atom. The van der Waals surface area contributed by atoms with E-state index in [4.69, 9.17) is 5.73 Å². The van der Waals surface area contributed by atoms with Gasteiger partial charge in [-0.3, -0.25) is 9.48 Å². The molecule has 2 rings (SSSR count). The van der Waals surface area contributed by atoms with Crippen LogP contribution in [0.15, 0.2) is 17.5 Å². The summed E-state index contributed by atoms with van der Waals surface area (Å²) in [6.07, 6.45) is 0.714. The van der Waals surface area contributed by atoms with Crippen LogP contribution < -0.4 is 11.1 Å². The summed E-state index contributed by atoms with van der Waals surface area (Å²) < 4.78 is 1.56. The first kappa shape index (κ1) is 15.6. The summed E-state index contributed by atoms with van der Waals surface area (Å²) in [6.45, 7) is 6.16. The molecule has 2 aromatic rings. The highest BCUT2D eigenvalue weighted by molar-refractivity contribution is 7.10. The molecule has 114 valence electrons. The van der Waals surface area contributed by atoms with E-state index < -0.39 is 0 Å². The maximum Gasteiger partial charge on any atom is 0.272 e. The van der Waals surface area contributed by atoms with Crippen molar-refractivity contribution in [3.8, 4) is 0 Å². The number of hydrogen-bond acceptors (Lipinski definition) is 4. The Kier molecular flexibility index (Phi) is 4.67. The van der Waals surface area contributed by atoms with Crippen LogP contribution in [0.25, 0.3) is 0 Å². The number of nitrogen functional groups attached to an aromatic ring is 1. The van der Waals surface area contributed by atoms with Crippen LogP contribution in [-0.2, 0) is 13.5 Å². The van der Waals surface area contributed by atoms with Crippen LogP contribution in [0, 0.1) is 5.92 Å². The van der Waals surface area contributed by atoms with Gasteiger partial charge < -0.3 is 11.1 Å². The van der Waals surface area contributed by atoms with Crippen molar-refractivity contribution in [3.63, 3.8) is 0 Å². The summed E-state index contributed by atoms with van der Waals surface area (Å²) in [6, 6.07) is 4.02. The first-order chi connectivity index (χ1) is 9.95. The molecule has 3 N–H and O–H groups in total. The Morgan fingerprint density at radius 2 is 2.24 bits per heavy atom. The van der Waals surface area contributed by atoms with Crippen molar-refractivity contribution in [2.45, 2.75) is 33.2 Å². The first-order valence-electron chi connectivity index (χ1n) is 7.11. The lowest BCUT2D eigenvalue weighted by Crippen LogP contribution is -2.33. The summed E-state index contributed by atoms with van der Waals surface area (Å²) in [5, 5.41) is 9.40. The molecular weight excluding hydrogens is 284 g/mol. The summed E-state index contributed by atoms with van der Waals surface area (Å²) in [4.78, 5) is 13.7. The molecule has 2 aromatic heterocycles. The minimum Gasteiger partial charge on any atom is -0.395 e. The van der Waals surface area contributed by atoms with Gasteiger partial charge >= 0.3 is 0 Å². The summed E-state index contributed by atoms with van der Waals surface area (Å²) in [5.41, 5.74) is 7.73. The molecule has 0 saturated heterocycles. The van der Waals surface area contributed by atoms with Crippen LogP contribution in [0.5, 0.6) is 0 Å². The molecule has 0 bridgehead atoms. The van der Waals surface area contributed by atoms with Gasteiger partial charge in [0.2, 0.25) is 0 Å². The van der Waals surface area contributed by atoms with Crippen molar-refractivity contribution in [3.05, 3.63) is 33.8 Å². The van der Waals surface area contributed by atoms with Gasteiger partial charge in [-0.1, -0.05) is 26.8 Å². The average Bonchev–Trinajstić information content (AvgIpc) is 3.03. The highest BCUT2D eigenvalue weighted by atomic mass is 32.1. The molecule has 1 unspecified atom stereocenters. The number of amides is 1. The number of nitrogens with two attached hydrogens (primary N) is 1. The van der Waals surface area contributed by atoms with Crippen molar-refractivity contribution < 1.29 is 4.79 Å². The molecule has 2 heterocycles. The molecule has 0 aliphatic rings. The molecule has 0 saturated carbocycles. The molecule has 21 heavy (non-hydrogen) atoms. The standard InChI is InChI=1S/C15H22N4OS/c1-5-10-12(16)14(19(4)18-10)15(20)17-13(9(2)3)11-7-6-8-21-11/h6-9,13H,5,16H2,1-4H3,(H,17,20). The second-order valence-corrected chi connectivity index (χ2v) is 6.38. The SMILES string of the molecule is CCc1nn(C)c(C(=O)NC(c2cccs2)C(C)C)c1N. The Hall–Kier alpha value is -1.82. The zero-order chi connectivity index (χ0) is 15.6. The molecule has 1 amide bonds. The lowest BCUT2D eigenvalue weighted by Gasteiger charge is -2.21. The number of nitrogens with zero attached hydrogens (tertiary/aromatic N) is 2. The van der Waals surface area contributed by atoms with E-state index in [2.05, 4.69) is 24.3 Å². The number of hydrogen-bond donors (Lipinski definition) is 2. The van der Waals surface area contributed by atoms with Gasteiger partial charge in [-0.2, -0.15) is 5.10 Å². The van der Waals surface area contributed by atoms with Crippen molar-refractivity contribution in [2.75, 3.05) is 5.73 Å². The van der Waals surface area contributed by atoms with E-state index in [0.717, 1.165) is 10.6 Å². The molecule has 0 fully saturated rings. The van der Waals surface area contributed by atoms with Crippen LogP contribution in [0.3, 0.4) is 0 Å². The van der Waals surface area contributed by atoms with E-state index in [-0.39, 0.29) is 11.9 Å². The second-order valence-electron chi connectivity index (χ2n) is 5.40. The Morgan fingerprint density at radius 3 is 2.71 bits per heavy atom.